The van der Waals surface area contributed by atoms with E-state index in [4.69, 9.17) is 9.47 Å². The summed E-state index contributed by atoms with van der Waals surface area (Å²) in [6.45, 7) is 3.11. The van der Waals surface area contributed by atoms with Gasteiger partial charge in [0.25, 0.3) is 0 Å². The molecule has 0 spiro atoms. The minimum atomic E-state index is -0.0266. The lowest BCUT2D eigenvalue weighted by Gasteiger charge is -2.20. The van der Waals surface area contributed by atoms with Crippen LogP contribution in [0.5, 0.6) is 11.5 Å². The number of hydrogen-bond acceptors (Lipinski definition) is 4. The predicted molar refractivity (Wildman–Crippen MR) is 85.4 cm³/mol. The van der Waals surface area contributed by atoms with Gasteiger partial charge in [-0.15, -0.1) is 11.8 Å². The minimum Gasteiger partial charge on any atom is -0.486 e. The highest BCUT2D eigenvalue weighted by atomic mass is 32.2. The number of carbonyl (C=O) groups excluding carboxylic acids is 1. The van der Waals surface area contributed by atoms with Gasteiger partial charge >= 0.3 is 0 Å². The molecule has 3 rings (SSSR count). The van der Waals surface area contributed by atoms with Crippen molar-refractivity contribution in [1.29, 1.82) is 0 Å². The van der Waals surface area contributed by atoms with Crippen molar-refractivity contribution < 1.29 is 14.3 Å². The van der Waals surface area contributed by atoms with Crippen LogP contribution in [0.4, 0.5) is 5.69 Å². The first-order valence-electron chi connectivity index (χ1n) is 7.58. The lowest BCUT2D eigenvalue weighted by Crippen LogP contribution is -2.24. The van der Waals surface area contributed by atoms with E-state index in [9.17, 15) is 4.79 Å². The topological polar surface area (TPSA) is 47.6 Å². The number of nitrogens with one attached hydrogen (secondary N) is 1. The molecule has 2 aliphatic rings. The molecule has 1 atom stereocenters. The molecule has 0 unspecified atom stereocenters. The van der Waals surface area contributed by atoms with Crippen LogP contribution in [0, 0.1) is 0 Å². The van der Waals surface area contributed by atoms with E-state index in [0.717, 1.165) is 11.4 Å². The monoisotopic (exact) mass is 307 g/mol. The molecule has 1 aromatic carbocycles. The van der Waals surface area contributed by atoms with Crippen molar-refractivity contribution in [2.24, 2.45) is 0 Å². The number of amides is 1. The first-order chi connectivity index (χ1) is 10.2. The normalized spacial score (nSPS) is 19.3. The van der Waals surface area contributed by atoms with Crippen molar-refractivity contribution >= 4 is 23.4 Å². The average Bonchev–Trinajstić information content (AvgIpc) is 3.00. The highest BCUT2D eigenvalue weighted by Crippen LogP contribution is 2.34. The molecule has 1 aromatic rings. The van der Waals surface area contributed by atoms with Crippen molar-refractivity contribution in [2.75, 3.05) is 18.5 Å². The molecule has 0 saturated heterocycles. The number of carbonyl (C=O) groups is 1. The molecule has 4 nitrogen and oxygen atoms in total. The summed E-state index contributed by atoms with van der Waals surface area (Å²) in [4.78, 5) is 12.3. The average molecular weight is 307 g/mol. The summed E-state index contributed by atoms with van der Waals surface area (Å²) >= 11 is 1.80. The smallest absolute Gasteiger partial charge is 0.237 e. The molecule has 0 bridgehead atoms. The van der Waals surface area contributed by atoms with Crippen LogP contribution in [0.25, 0.3) is 0 Å². The largest absolute Gasteiger partial charge is 0.486 e. The first-order valence-corrected chi connectivity index (χ1v) is 8.52. The van der Waals surface area contributed by atoms with Gasteiger partial charge in [-0.3, -0.25) is 4.79 Å². The number of anilines is 1. The molecule has 1 amide bonds. The first kappa shape index (κ1) is 14.6. The second-order valence-electron chi connectivity index (χ2n) is 5.53. The third-order valence-corrected chi connectivity index (χ3v) is 5.36. The lowest BCUT2D eigenvalue weighted by molar-refractivity contribution is -0.115. The highest BCUT2D eigenvalue weighted by Gasteiger charge is 2.22. The fraction of sp³-hybridized carbons (Fsp3) is 0.562. The Morgan fingerprint density at radius 1 is 1.24 bits per heavy atom. The van der Waals surface area contributed by atoms with Gasteiger partial charge in [0.05, 0.1) is 5.25 Å². The van der Waals surface area contributed by atoms with Crippen LogP contribution >= 0.6 is 11.8 Å². The maximum atomic E-state index is 12.3. The third-order valence-electron chi connectivity index (χ3n) is 3.88. The van der Waals surface area contributed by atoms with E-state index in [0.29, 0.717) is 24.2 Å². The SMILES string of the molecule is C[C@H](SC1CCCC1)C(=O)Nc1ccc2c(c1)OCCO2. The molecule has 1 saturated carbocycles. The van der Waals surface area contributed by atoms with E-state index in [1.54, 1.807) is 11.8 Å². The van der Waals surface area contributed by atoms with Crippen molar-refractivity contribution in [3.63, 3.8) is 0 Å². The Morgan fingerprint density at radius 2 is 1.95 bits per heavy atom. The Morgan fingerprint density at radius 3 is 2.71 bits per heavy atom. The molecular formula is C16H21NO3S. The van der Waals surface area contributed by atoms with Gasteiger partial charge in [-0.05, 0) is 31.9 Å². The van der Waals surface area contributed by atoms with Crippen LogP contribution in [0.2, 0.25) is 0 Å². The third kappa shape index (κ3) is 3.64. The molecule has 0 radical (unpaired) electrons. The molecule has 1 aliphatic carbocycles. The second kappa shape index (κ2) is 6.60. The van der Waals surface area contributed by atoms with Gasteiger partial charge in [0.1, 0.15) is 13.2 Å². The Balaban J connectivity index is 1.58. The number of benzene rings is 1. The summed E-state index contributed by atoms with van der Waals surface area (Å²) in [6, 6.07) is 5.54. The minimum absolute atomic E-state index is 0.0266. The molecule has 1 aliphatic heterocycles. The number of hydrogen-bond donors (Lipinski definition) is 1. The van der Waals surface area contributed by atoms with Crippen molar-refractivity contribution in [2.45, 2.75) is 43.1 Å². The number of thioether (sulfide) groups is 1. The summed E-state index contributed by atoms with van der Waals surface area (Å²) in [5, 5.41) is 3.59. The zero-order valence-electron chi connectivity index (χ0n) is 12.3. The Hall–Kier alpha value is -1.36. The van der Waals surface area contributed by atoms with Gasteiger partial charge in [0.2, 0.25) is 5.91 Å². The zero-order chi connectivity index (χ0) is 14.7. The van der Waals surface area contributed by atoms with Crippen LogP contribution in [-0.2, 0) is 4.79 Å². The maximum Gasteiger partial charge on any atom is 0.237 e. The van der Waals surface area contributed by atoms with E-state index in [2.05, 4.69) is 5.32 Å². The molecule has 114 valence electrons. The van der Waals surface area contributed by atoms with Crippen LogP contribution in [0.3, 0.4) is 0 Å². The van der Waals surface area contributed by atoms with E-state index >= 15 is 0 Å². The molecule has 1 N–H and O–H groups in total. The molecule has 1 fully saturated rings. The van der Waals surface area contributed by atoms with E-state index in [1.807, 2.05) is 25.1 Å². The van der Waals surface area contributed by atoms with Gasteiger partial charge in [-0.25, -0.2) is 0 Å². The number of fused-ring (bicyclic) bond motifs is 1. The standard InChI is InChI=1S/C16H21NO3S/c1-11(21-13-4-2-3-5-13)16(18)17-12-6-7-14-15(10-12)20-9-8-19-14/h6-7,10-11,13H,2-5,8-9H2,1H3,(H,17,18)/t11-/m0/s1. The van der Waals surface area contributed by atoms with E-state index < -0.39 is 0 Å². The highest BCUT2D eigenvalue weighted by molar-refractivity contribution is 8.01. The molecule has 1 heterocycles. The van der Waals surface area contributed by atoms with Crippen molar-refractivity contribution in [3.8, 4) is 11.5 Å². The fourth-order valence-corrected chi connectivity index (χ4v) is 4.11. The Labute approximate surface area is 129 Å². The quantitative estimate of drug-likeness (QED) is 0.925. The van der Waals surface area contributed by atoms with Gasteiger partial charge in [0.15, 0.2) is 11.5 Å². The van der Waals surface area contributed by atoms with Crippen LogP contribution in [0.15, 0.2) is 18.2 Å². The summed E-state index contributed by atoms with van der Waals surface area (Å²) in [7, 11) is 0. The van der Waals surface area contributed by atoms with E-state index in [-0.39, 0.29) is 11.2 Å². The van der Waals surface area contributed by atoms with Crippen LogP contribution in [-0.4, -0.2) is 29.6 Å². The van der Waals surface area contributed by atoms with Crippen molar-refractivity contribution in [3.05, 3.63) is 18.2 Å². The zero-order valence-corrected chi connectivity index (χ0v) is 13.1. The van der Waals surface area contributed by atoms with E-state index in [1.165, 1.54) is 25.7 Å². The Kier molecular flexibility index (Phi) is 4.58. The summed E-state index contributed by atoms with van der Waals surface area (Å²) < 4.78 is 11.0. The van der Waals surface area contributed by atoms with Gasteiger partial charge < -0.3 is 14.8 Å². The van der Waals surface area contributed by atoms with Crippen molar-refractivity contribution in [1.82, 2.24) is 0 Å². The fourth-order valence-electron chi connectivity index (χ4n) is 2.74. The number of ether oxygens (including phenoxy) is 2. The Bertz CT molecular complexity index is 514. The maximum absolute atomic E-state index is 12.3. The van der Waals surface area contributed by atoms with Crippen LogP contribution in [0.1, 0.15) is 32.6 Å². The molecule has 5 heteroatoms. The predicted octanol–water partition coefficient (Wildman–Crippen LogP) is 3.46. The van der Waals surface area contributed by atoms with Gasteiger partial charge in [0, 0.05) is 17.0 Å². The number of rotatable bonds is 4. The van der Waals surface area contributed by atoms with Gasteiger partial charge in [-0.2, -0.15) is 0 Å². The van der Waals surface area contributed by atoms with Gasteiger partial charge in [-0.1, -0.05) is 12.8 Å². The molecule has 21 heavy (non-hydrogen) atoms. The summed E-state index contributed by atoms with van der Waals surface area (Å²) in [6.07, 6.45) is 5.08. The van der Waals surface area contributed by atoms with Crippen LogP contribution < -0.4 is 14.8 Å². The lowest BCUT2D eigenvalue weighted by atomic mass is 10.2. The second-order valence-corrected chi connectivity index (χ2v) is 7.18. The molecular weight excluding hydrogens is 286 g/mol. The summed E-state index contributed by atoms with van der Waals surface area (Å²) in [5.74, 6) is 1.51. The molecule has 0 aromatic heterocycles. The summed E-state index contributed by atoms with van der Waals surface area (Å²) in [5.41, 5.74) is 0.767.